The molecule has 0 saturated carbocycles. The lowest BCUT2D eigenvalue weighted by atomic mass is 10.00. The molecule has 0 radical (unpaired) electrons. The molecular formula is C13H14ClN3. The maximum Gasteiger partial charge on any atom is 0.0453 e. The van der Waals surface area contributed by atoms with Crippen molar-refractivity contribution < 1.29 is 0 Å². The van der Waals surface area contributed by atoms with Gasteiger partial charge in [0.1, 0.15) is 0 Å². The Hall–Kier alpha value is -1.58. The highest BCUT2D eigenvalue weighted by molar-refractivity contribution is 6.31. The van der Waals surface area contributed by atoms with Crippen molar-refractivity contribution in [2.24, 2.45) is 5.73 Å². The topological polar surface area (TPSA) is 64.9 Å². The van der Waals surface area contributed by atoms with Gasteiger partial charge in [0.25, 0.3) is 0 Å². The van der Waals surface area contributed by atoms with Gasteiger partial charge in [0.2, 0.25) is 0 Å². The normalized spacial score (nSPS) is 12.4. The van der Waals surface area contributed by atoms with Crippen LogP contribution < -0.4 is 11.5 Å². The third kappa shape index (κ3) is 2.75. The number of nitrogens with zero attached hydrogens (tertiary/aromatic N) is 1. The second kappa shape index (κ2) is 5.17. The average molecular weight is 248 g/mol. The van der Waals surface area contributed by atoms with Crippen LogP contribution >= 0.6 is 11.6 Å². The monoisotopic (exact) mass is 247 g/mol. The predicted molar refractivity (Wildman–Crippen MR) is 70.7 cm³/mol. The molecule has 0 spiro atoms. The maximum atomic E-state index is 6.13. The van der Waals surface area contributed by atoms with Gasteiger partial charge >= 0.3 is 0 Å². The first-order chi connectivity index (χ1) is 8.18. The molecule has 17 heavy (non-hydrogen) atoms. The van der Waals surface area contributed by atoms with Crippen LogP contribution in [0.3, 0.4) is 0 Å². The molecular weight excluding hydrogens is 234 g/mol. The summed E-state index contributed by atoms with van der Waals surface area (Å²) in [6.07, 6.45) is 4.04. The Balaban J connectivity index is 2.20. The summed E-state index contributed by atoms with van der Waals surface area (Å²) >= 11 is 6.10. The van der Waals surface area contributed by atoms with Crippen molar-refractivity contribution in [2.45, 2.75) is 12.5 Å². The van der Waals surface area contributed by atoms with Gasteiger partial charge in [0.15, 0.2) is 0 Å². The van der Waals surface area contributed by atoms with Crippen LogP contribution in [-0.2, 0) is 6.42 Å². The molecule has 4 heteroatoms. The van der Waals surface area contributed by atoms with E-state index in [1.807, 2.05) is 24.3 Å². The summed E-state index contributed by atoms with van der Waals surface area (Å²) < 4.78 is 0. The first-order valence-corrected chi connectivity index (χ1v) is 5.74. The second-order valence-corrected chi connectivity index (χ2v) is 4.31. The molecule has 1 heterocycles. The van der Waals surface area contributed by atoms with Gasteiger partial charge in [-0.15, -0.1) is 0 Å². The summed E-state index contributed by atoms with van der Waals surface area (Å²) in [5.74, 6) is 0. The molecule has 0 aliphatic heterocycles. The minimum atomic E-state index is -0.171. The van der Waals surface area contributed by atoms with Crippen LogP contribution in [0.4, 0.5) is 5.69 Å². The van der Waals surface area contributed by atoms with E-state index in [0.29, 0.717) is 17.1 Å². The number of hydrogen-bond donors (Lipinski definition) is 2. The van der Waals surface area contributed by atoms with E-state index >= 15 is 0 Å². The predicted octanol–water partition coefficient (Wildman–Crippen LogP) is 2.56. The van der Waals surface area contributed by atoms with Crippen LogP contribution in [0.25, 0.3) is 0 Å². The molecule has 0 fully saturated rings. The van der Waals surface area contributed by atoms with Crippen LogP contribution in [0.15, 0.2) is 42.7 Å². The summed E-state index contributed by atoms with van der Waals surface area (Å²) in [6.45, 7) is 0. The highest BCUT2D eigenvalue weighted by Crippen LogP contribution is 2.25. The van der Waals surface area contributed by atoms with E-state index in [-0.39, 0.29) is 6.04 Å². The van der Waals surface area contributed by atoms with Gasteiger partial charge in [0, 0.05) is 29.1 Å². The number of halogens is 1. The Morgan fingerprint density at radius 3 is 2.71 bits per heavy atom. The maximum absolute atomic E-state index is 6.13. The summed E-state index contributed by atoms with van der Waals surface area (Å²) in [4.78, 5) is 4.05. The molecule has 0 aliphatic rings. The number of pyridine rings is 1. The van der Waals surface area contributed by atoms with Crippen molar-refractivity contribution in [1.29, 1.82) is 0 Å². The fourth-order valence-corrected chi connectivity index (χ4v) is 2.01. The molecule has 0 bridgehead atoms. The van der Waals surface area contributed by atoms with Crippen molar-refractivity contribution in [3.8, 4) is 0 Å². The molecule has 0 amide bonds. The zero-order chi connectivity index (χ0) is 12.3. The van der Waals surface area contributed by atoms with Gasteiger partial charge < -0.3 is 11.5 Å². The number of benzene rings is 1. The standard InChI is InChI=1S/C13H14ClN3/c14-11-4-2-1-3-10(11)13(16)7-9-8-17-6-5-12(9)15/h1-6,8,13H,7,16H2,(H2,15,17). The zero-order valence-electron chi connectivity index (χ0n) is 9.31. The van der Waals surface area contributed by atoms with E-state index in [2.05, 4.69) is 4.98 Å². The number of nitrogen functional groups attached to an aromatic ring is 1. The Labute approximate surface area is 105 Å². The Morgan fingerprint density at radius 2 is 2.00 bits per heavy atom. The molecule has 0 aliphatic carbocycles. The summed E-state index contributed by atoms with van der Waals surface area (Å²) in [5.41, 5.74) is 14.6. The van der Waals surface area contributed by atoms with Gasteiger partial charge in [-0.2, -0.15) is 0 Å². The molecule has 3 nitrogen and oxygen atoms in total. The number of nitrogens with two attached hydrogens (primary N) is 2. The zero-order valence-corrected chi connectivity index (χ0v) is 10.1. The third-order valence-corrected chi connectivity index (χ3v) is 3.03. The summed E-state index contributed by atoms with van der Waals surface area (Å²) in [5, 5.41) is 0.683. The van der Waals surface area contributed by atoms with Crippen LogP contribution in [0.1, 0.15) is 17.2 Å². The van der Waals surface area contributed by atoms with E-state index in [9.17, 15) is 0 Å². The van der Waals surface area contributed by atoms with Crippen LogP contribution in [0.5, 0.6) is 0 Å². The van der Waals surface area contributed by atoms with E-state index < -0.39 is 0 Å². The Morgan fingerprint density at radius 1 is 1.24 bits per heavy atom. The van der Waals surface area contributed by atoms with E-state index in [4.69, 9.17) is 23.1 Å². The van der Waals surface area contributed by atoms with Gasteiger partial charge in [-0.3, -0.25) is 4.98 Å². The fourth-order valence-electron chi connectivity index (χ4n) is 1.73. The first kappa shape index (κ1) is 11.9. The average Bonchev–Trinajstić information content (AvgIpc) is 2.32. The Bertz CT molecular complexity index is 514. The molecule has 1 atom stereocenters. The number of hydrogen-bond acceptors (Lipinski definition) is 3. The molecule has 1 unspecified atom stereocenters. The smallest absolute Gasteiger partial charge is 0.0453 e. The van der Waals surface area contributed by atoms with Crippen LogP contribution in [0.2, 0.25) is 5.02 Å². The first-order valence-electron chi connectivity index (χ1n) is 5.37. The number of aromatic nitrogens is 1. The minimum absolute atomic E-state index is 0.171. The summed E-state index contributed by atoms with van der Waals surface area (Å²) in [6, 6.07) is 9.18. The molecule has 2 aromatic rings. The van der Waals surface area contributed by atoms with E-state index in [1.54, 1.807) is 18.5 Å². The van der Waals surface area contributed by atoms with E-state index in [0.717, 1.165) is 11.1 Å². The highest BCUT2D eigenvalue weighted by Gasteiger charge is 2.11. The lowest BCUT2D eigenvalue weighted by Gasteiger charge is -2.14. The fraction of sp³-hybridized carbons (Fsp3) is 0.154. The molecule has 0 saturated heterocycles. The highest BCUT2D eigenvalue weighted by atomic mass is 35.5. The van der Waals surface area contributed by atoms with Crippen molar-refractivity contribution in [3.05, 3.63) is 58.9 Å². The van der Waals surface area contributed by atoms with Crippen molar-refractivity contribution in [3.63, 3.8) is 0 Å². The molecule has 4 N–H and O–H groups in total. The van der Waals surface area contributed by atoms with Crippen LogP contribution in [-0.4, -0.2) is 4.98 Å². The number of anilines is 1. The third-order valence-electron chi connectivity index (χ3n) is 2.69. The minimum Gasteiger partial charge on any atom is -0.398 e. The quantitative estimate of drug-likeness (QED) is 0.876. The van der Waals surface area contributed by atoms with Crippen molar-refractivity contribution in [2.75, 3.05) is 5.73 Å². The largest absolute Gasteiger partial charge is 0.398 e. The van der Waals surface area contributed by atoms with Crippen molar-refractivity contribution in [1.82, 2.24) is 4.98 Å². The van der Waals surface area contributed by atoms with E-state index in [1.165, 1.54) is 0 Å². The lowest BCUT2D eigenvalue weighted by molar-refractivity contribution is 0.721. The van der Waals surface area contributed by atoms with Gasteiger partial charge in [-0.05, 0) is 29.7 Å². The Kier molecular flexibility index (Phi) is 3.61. The molecule has 1 aromatic heterocycles. The SMILES string of the molecule is Nc1ccncc1CC(N)c1ccccc1Cl. The number of rotatable bonds is 3. The molecule has 1 aromatic carbocycles. The van der Waals surface area contributed by atoms with Gasteiger partial charge in [-0.25, -0.2) is 0 Å². The lowest BCUT2D eigenvalue weighted by Crippen LogP contribution is -2.14. The molecule has 2 rings (SSSR count). The molecule has 88 valence electrons. The van der Waals surface area contributed by atoms with Crippen molar-refractivity contribution >= 4 is 17.3 Å². The second-order valence-electron chi connectivity index (χ2n) is 3.91. The van der Waals surface area contributed by atoms with Gasteiger partial charge in [0.05, 0.1) is 0 Å². The van der Waals surface area contributed by atoms with Gasteiger partial charge in [-0.1, -0.05) is 29.8 Å². The van der Waals surface area contributed by atoms with Crippen LogP contribution in [0, 0.1) is 0 Å². The summed E-state index contributed by atoms with van der Waals surface area (Å²) in [7, 11) is 0.